The van der Waals surface area contributed by atoms with Gasteiger partial charge in [-0.1, -0.05) is 0 Å². The topological polar surface area (TPSA) is 56.7 Å². The standard InChI is InChI=1S/C13H12N4/c14-11-1-2-13-12(7-11)16-9-17(13)8-10-3-5-15-6-4-10/h1-7,9H,8,14H2. The van der Waals surface area contributed by atoms with E-state index in [4.69, 9.17) is 5.73 Å². The van der Waals surface area contributed by atoms with Crippen LogP contribution >= 0.6 is 0 Å². The Balaban J connectivity index is 2.01. The first kappa shape index (κ1) is 9.84. The Hall–Kier alpha value is -2.36. The molecule has 84 valence electrons. The molecule has 0 saturated carbocycles. The molecule has 4 nitrogen and oxygen atoms in total. The third-order valence-corrected chi connectivity index (χ3v) is 2.75. The summed E-state index contributed by atoms with van der Waals surface area (Å²) in [6.07, 6.45) is 5.43. The second-order valence-corrected chi connectivity index (χ2v) is 3.98. The lowest BCUT2D eigenvalue weighted by atomic mass is 10.2. The minimum atomic E-state index is 0.742. The van der Waals surface area contributed by atoms with Crippen LogP contribution in [0.4, 0.5) is 5.69 Å². The molecule has 3 aromatic rings. The van der Waals surface area contributed by atoms with Gasteiger partial charge in [0.2, 0.25) is 0 Å². The Labute approximate surface area is 98.7 Å². The van der Waals surface area contributed by atoms with Gasteiger partial charge in [-0.15, -0.1) is 0 Å². The van der Waals surface area contributed by atoms with E-state index in [9.17, 15) is 0 Å². The maximum atomic E-state index is 5.73. The molecule has 4 heteroatoms. The average molecular weight is 224 g/mol. The third-order valence-electron chi connectivity index (χ3n) is 2.75. The molecule has 2 N–H and O–H groups in total. The number of rotatable bonds is 2. The van der Waals surface area contributed by atoms with E-state index in [1.165, 1.54) is 5.56 Å². The average Bonchev–Trinajstić information content (AvgIpc) is 2.73. The molecule has 0 aliphatic rings. The zero-order valence-electron chi connectivity index (χ0n) is 9.24. The molecule has 0 amide bonds. The molecule has 0 radical (unpaired) electrons. The van der Waals surface area contributed by atoms with E-state index in [-0.39, 0.29) is 0 Å². The fourth-order valence-corrected chi connectivity index (χ4v) is 1.89. The highest BCUT2D eigenvalue weighted by atomic mass is 15.0. The summed E-state index contributed by atoms with van der Waals surface area (Å²) in [6, 6.07) is 9.79. The fraction of sp³-hybridized carbons (Fsp3) is 0.0769. The predicted molar refractivity (Wildman–Crippen MR) is 67.5 cm³/mol. The molecule has 0 saturated heterocycles. The lowest BCUT2D eigenvalue weighted by Crippen LogP contribution is -1.97. The van der Waals surface area contributed by atoms with Gasteiger partial charge in [0.25, 0.3) is 0 Å². The number of benzene rings is 1. The van der Waals surface area contributed by atoms with Crippen LogP contribution in [0.5, 0.6) is 0 Å². The van der Waals surface area contributed by atoms with Crippen LogP contribution < -0.4 is 5.73 Å². The smallest absolute Gasteiger partial charge is 0.0961 e. The lowest BCUT2D eigenvalue weighted by Gasteiger charge is -2.04. The number of nitrogen functional groups attached to an aromatic ring is 1. The van der Waals surface area contributed by atoms with Crippen molar-refractivity contribution >= 4 is 16.7 Å². The molecule has 0 fully saturated rings. The summed E-state index contributed by atoms with van der Waals surface area (Å²) in [7, 11) is 0. The van der Waals surface area contributed by atoms with E-state index in [0.717, 1.165) is 23.3 Å². The summed E-state index contributed by atoms with van der Waals surface area (Å²) < 4.78 is 2.10. The van der Waals surface area contributed by atoms with Crippen LogP contribution in [-0.4, -0.2) is 14.5 Å². The van der Waals surface area contributed by atoms with Crippen LogP contribution in [0.15, 0.2) is 49.1 Å². The van der Waals surface area contributed by atoms with Gasteiger partial charge in [0, 0.05) is 24.6 Å². The number of nitrogens with two attached hydrogens (primary N) is 1. The van der Waals surface area contributed by atoms with Gasteiger partial charge in [0.1, 0.15) is 0 Å². The Morgan fingerprint density at radius 3 is 2.76 bits per heavy atom. The molecular weight excluding hydrogens is 212 g/mol. The molecule has 0 aliphatic carbocycles. The highest BCUT2D eigenvalue weighted by Gasteiger charge is 2.03. The molecule has 1 aromatic carbocycles. The highest BCUT2D eigenvalue weighted by molar-refractivity contribution is 5.79. The maximum absolute atomic E-state index is 5.73. The van der Waals surface area contributed by atoms with Crippen molar-refractivity contribution in [3.8, 4) is 0 Å². The van der Waals surface area contributed by atoms with Gasteiger partial charge in [-0.3, -0.25) is 4.98 Å². The van der Waals surface area contributed by atoms with E-state index in [1.54, 1.807) is 12.4 Å². The third kappa shape index (κ3) is 1.85. The van der Waals surface area contributed by atoms with E-state index in [0.29, 0.717) is 0 Å². The van der Waals surface area contributed by atoms with Crippen LogP contribution in [0.25, 0.3) is 11.0 Å². The van der Waals surface area contributed by atoms with E-state index in [1.807, 2.05) is 36.7 Å². The molecular formula is C13H12N4. The van der Waals surface area contributed by atoms with Gasteiger partial charge < -0.3 is 10.3 Å². The first-order valence-electron chi connectivity index (χ1n) is 5.42. The molecule has 0 unspecified atom stereocenters. The van der Waals surface area contributed by atoms with Crippen LogP contribution in [0.2, 0.25) is 0 Å². The largest absolute Gasteiger partial charge is 0.399 e. The van der Waals surface area contributed by atoms with Gasteiger partial charge in [0.05, 0.1) is 17.4 Å². The van der Waals surface area contributed by atoms with Crippen molar-refractivity contribution in [3.05, 3.63) is 54.6 Å². The lowest BCUT2D eigenvalue weighted by molar-refractivity contribution is 0.822. The number of imidazole rings is 1. The van der Waals surface area contributed by atoms with Gasteiger partial charge in [-0.2, -0.15) is 0 Å². The van der Waals surface area contributed by atoms with Crippen molar-refractivity contribution in [2.24, 2.45) is 0 Å². The summed E-state index contributed by atoms with van der Waals surface area (Å²) >= 11 is 0. The molecule has 17 heavy (non-hydrogen) atoms. The molecule has 0 aliphatic heterocycles. The predicted octanol–water partition coefficient (Wildman–Crippen LogP) is 2.06. The van der Waals surface area contributed by atoms with Crippen LogP contribution in [0.1, 0.15) is 5.56 Å². The number of hydrogen-bond acceptors (Lipinski definition) is 3. The normalized spacial score (nSPS) is 10.8. The number of hydrogen-bond donors (Lipinski definition) is 1. The van der Waals surface area contributed by atoms with Gasteiger partial charge in [0.15, 0.2) is 0 Å². The molecule has 0 bridgehead atoms. The SMILES string of the molecule is Nc1ccc2c(c1)ncn2Cc1ccncc1. The van der Waals surface area contributed by atoms with Crippen molar-refractivity contribution in [2.45, 2.75) is 6.54 Å². The van der Waals surface area contributed by atoms with E-state index in [2.05, 4.69) is 14.5 Å². The Kier molecular flexibility index (Phi) is 2.26. The number of pyridine rings is 1. The fourth-order valence-electron chi connectivity index (χ4n) is 1.89. The van der Waals surface area contributed by atoms with Crippen LogP contribution in [0, 0.1) is 0 Å². The van der Waals surface area contributed by atoms with Gasteiger partial charge in [-0.05, 0) is 35.9 Å². The van der Waals surface area contributed by atoms with Crippen LogP contribution in [-0.2, 0) is 6.54 Å². The summed E-state index contributed by atoms with van der Waals surface area (Å²) in [6.45, 7) is 0.795. The monoisotopic (exact) mass is 224 g/mol. The summed E-state index contributed by atoms with van der Waals surface area (Å²) in [5, 5.41) is 0. The first-order valence-corrected chi connectivity index (χ1v) is 5.42. The zero-order chi connectivity index (χ0) is 11.7. The molecule has 3 rings (SSSR count). The summed E-state index contributed by atoms with van der Waals surface area (Å²) in [5.74, 6) is 0. The summed E-state index contributed by atoms with van der Waals surface area (Å²) in [5.41, 5.74) is 9.70. The maximum Gasteiger partial charge on any atom is 0.0961 e. The quantitative estimate of drug-likeness (QED) is 0.678. The first-order chi connectivity index (χ1) is 8.33. The molecule has 0 spiro atoms. The second kappa shape index (κ2) is 3.90. The molecule has 0 atom stereocenters. The van der Waals surface area contributed by atoms with Gasteiger partial charge >= 0.3 is 0 Å². The number of nitrogens with zero attached hydrogens (tertiary/aromatic N) is 3. The Bertz CT molecular complexity index is 643. The van der Waals surface area contributed by atoms with E-state index < -0.39 is 0 Å². The van der Waals surface area contributed by atoms with E-state index >= 15 is 0 Å². The zero-order valence-corrected chi connectivity index (χ0v) is 9.24. The number of fused-ring (bicyclic) bond motifs is 1. The highest BCUT2D eigenvalue weighted by Crippen LogP contribution is 2.17. The number of aromatic nitrogens is 3. The minimum absolute atomic E-state index is 0.742. The second-order valence-electron chi connectivity index (χ2n) is 3.98. The Morgan fingerprint density at radius 1 is 1.12 bits per heavy atom. The minimum Gasteiger partial charge on any atom is -0.399 e. The summed E-state index contributed by atoms with van der Waals surface area (Å²) in [4.78, 5) is 8.35. The van der Waals surface area contributed by atoms with Gasteiger partial charge in [-0.25, -0.2) is 4.98 Å². The van der Waals surface area contributed by atoms with Crippen molar-refractivity contribution in [1.82, 2.24) is 14.5 Å². The number of anilines is 1. The Morgan fingerprint density at radius 2 is 1.94 bits per heavy atom. The van der Waals surface area contributed by atoms with Crippen LogP contribution in [0.3, 0.4) is 0 Å². The molecule has 2 heterocycles. The van der Waals surface area contributed by atoms with Crippen molar-refractivity contribution in [2.75, 3.05) is 5.73 Å². The van der Waals surface area contributed by atoms with Crippen molar-refractivity contribution in [3.63, 3.8) is 0 Å². The van der Waals surface area contributed by atoms with Crippen molar-refractivity contribution < 1.29 is 0 Å². The van der Waals surface area contributed by atoms with Crippen molar-refractivity contribution in [1.29, 1.82) is 0 Å². The molecule has 2 aromatic heterocycles.